The van der Waals surface area contributed by atoms with Crippen LogP contribution in [0.3, 0.4) is 0 Å². The SMILES string of the molecule is CC(=O)N1CCN(c2ccc(S(=O)(=O)C3CC(C(=O)NC4(C)CC4)C(C(=O)N4CCC(F)(F)C4)C3)c(Cl)c2)CC1. The molecule has 4 aliphatic rings. The van der Waals surface area contributed by atoms with Crippen molar-refractivity contribution in [1.82, 2.24) is 15.1 Å². The van der Waals surface area contributed by atoms with Crippen LogP contribution in [0, 0.1) is 11.8 Å². The fourth-order valence-corrected chi connectivity index (χ4v) is 8.41. The molecule has 1 aromatic carbocycles. The van der Waals surface area contributed by atoms with Crippen molar-refractivity contribution in [3.8, 4) is 0 Å². The number of nitrogens with zero attached hydrogens (tertiary/aromatic N) is 3. The number of anilines is 1. The smallest absolute Gasteiger partial charge is 0.267 e. The molecule has 220 valence electrons. The molecule has 9 nitrogen and oxygen atoms in total. The molecule has 0 radical (unpaired) electrons. The van der Waals surface area contributed by atoms with Gasteiger partial charge in [-0.05, 0) is 50.8 Å². The van der Waals surface area contributed by atoms with Crippen molar-refractivity contribution in [2.45, 2.75) is 67.6 Å². The number of halogens is 3. The summed E-state index contributed by atoms with van der Waals surface area (Å²) in [4.78, 5) is 43.0. The number of benzene rings is 1. The number of amides is 3. The van der Waals surface area contributed by atoms with Gasteiger partial charge in [0.15, 0.2) is 9.84 Å². The summed E-state index contributed by atoms with van der Waals surface area (Å²) < 4.78 is 55.4. The summed E-state index contributed by atoms with van der Waals surface area (Å²) in [6, 6.07) is 4.70. The number of sulfone groups is 1. The average Bonchev–Trinajstić information content (AvgIpc) is 3.27. The molecule has 40 heavy (non-hydrogen) atoms. The fourth-order valence-electron chi connectivity index (χ4n) is 6.04. The average molecular weight is 601 g/mol. The Bertz CT molecular complexity index is 1310. The van der Waals surface area contributed by atoms with Gasteiger partial charge in [-0.2, -0.15) is 0 Å². The Balaban J connectivity index is 1.35. The summed E-state index contributed by atoms with van der Waals surface area (Å²) in [5.74, 6) is -5.94. The summed E-state index contributed by atoms with van der Waals surface area (Å²) in [6.45, 7) is 4.83. The molecule has 5 rings (SSSR count). The second kappa shape index (κ2) is 10.4. The van der Waals surface area contributed by atoms with Crippen LogP contribution < -0.4 is 10.2 Å². The van der Waals surface area contributed by atoms with Gasteiger partial charge in [0, 0.05) is 57.3 Å². The molecule has 0 spiro atoms. The van der Waals surface area contributed by atoms with Crippen LogP contribution in [0.4, 0.5) is 14.5 Å². The minimum Gasteiger partial charge on any atom is -0.368 e. The van der Waals surface area contributed by atoms with Crippen LogP contribution in [-0.2, 0) is 24.2 Å². The highest BCUT2D eigenvalue weighted by atomic mass is 35.5. The maximum atomic E-state index is 13.9. The highest BCUT2D eigenvalue weighted by Gasteiger charge is 2.52. The van der Waals surface area contributed by atoms with Gasteiger partial charge in [0.2, 0.25) is 17.7 Å². The standard InChI is InChI=1S/C27H35ClF2N4O5S/c1-17(35)32-9-11-33(12-10-32)18-3-4-23(22(28)13-18)40(38,39)19-14-20(24(36)31-26(2)5-6-26)21(15-19)25(37)34-8-7-27(29,30)16-34/h3-4,13,19-21H,5-12,14-16H2,1-2H3,(H,31,36). The van der Waals surface area contributed by atoms with Crippen molar-refractivity contribution in [2.24, 2.45) is 11.8 Å². The zero-order valence-electron chi connectivity index (χ0n) is 22.7. The second-order valence-electron chi connectivity index (χ2n) is 11.9. The molecule has 3 amide bonds. The molecule has 2 aliphatic heterocycles. The molecule has 13 heteroatoms. The minimum absolute atomic E-state index is 0.00383. The minimum atomic E-state index is -4.05. The molecule has 3 atom stereocenters. The zero-order chi connectivity index (χ0) is 29.0. The Kier molecular flexibility index (Phi) is 7.56. The number of hydrogen-bond acceptors (Lipinski definition) is 6. The molecule has 0 aromatic heterocycles. The molecule has 2 aliphatic carbocycles. The third kappa shape index (κ3) is 5.79. The largest absolute Gasteiger partial charge is 0.368 e. The summed E-state index contributed by atoms with van der Waals surface area (Å²) in [6.07, 6.45) is 0.902. The van der Waals surface area contributed by atoms with Gasteiger partial charge in [-0.25, -0.2) is 17.2 Å². The van der Waals surface area contributed by atoms with Gasteiger partial charge in [0.25, 0.3) is 5.92 Å². The highest BCUT2D eigenvalue weighted by Crippen LogP contribution is 2.44. The molecule has 4 fully saturated rings. The van der Waals surface area contributed by atoms with Gasteiger partial charge in [0.1, 0.15) is 0 Å². The van der Waals surface area contributed by atoms with Crippen LogP contribution in [-0.4, -0.2) is 91.9 Å². The number of nitrogens with one attached hydrogen (secondary N) is 1. The monoisotopic (exact) mass is 600 g/mol. The van der Waals surface area contributed by atoms with E-state index in [1.807, 2.05) is 11.8 Å². The summed E-state index contributed by atoms with van der Waals surface area (Å²) >= 11 is 6.51. The molecule has 2 heterocycles. The first kappa shape index (κ1) is 29.0. The lowest BCUT2D eigenvalue weighted by molar-refractivity contribution is -0.141. The summed E-state index contributed by atoms with van der Waals surface area (Å²) in [5, 5.41) is 1.91. The lowest BCUT2D eigenvalue weighted by Gasteiger charge is -2.35. The number of alkyl halides is 2. The number of hydrogen-bond donors (Lipinski definition) is 1. The van der Waals surface area contributed by atoms with Gasteiger partial charge in [-0.3, -0.25) is 14.4 Å². The van der Waals surface area contributed by atoms with Crippen molar-refractivity contribution in [3.05, 3.63) is 23.2 Å². The van der Waals surface area contributed by atoms with Crippen molar-refractivity contribution in [3.63, 3.8) is 0 Å². The van der Waals surface area contributed by atoms with Crippen LogP contribution in [0.15, 0.2) is 23.1 Å². The van der Waals surface area contributed by atoms with E-state index in [2.05, 4.69) is 5.32 Å². The van der Waals surface area contributed by atoms with E-state index in [1.54, 1.807) is 17.0 Å². The Morgan fingerprint density at radius 2 is 1.62 bits per heavy atom. The fraction of sp³-hybridized carbons (Fsp3) is 0.667. The molecule has 1 aromatic rings. The van der Waals surface area contributed by atoms with Crippen LogP contribution in [0.5, 0.6) is 0 Å². The Labute approximate surface area is 238 Å². The number of rotatable bonds is 6. The van der Waals surface area contributed by atoms with Crippen LogP contribution in [0.25, 0.3) is 0 Å². The number of piperazine rings is 1. The van der Waals surface area contributed by atoms with E-state index in [4.69, 9.17) is 11.6 Å². The first-order valence-electron chi connectivity index (χ1n) is 13.7. The Hall–Kier alpha value is -2.47. The summed E-state index contributed by atoms with van der Waals surface area (Å²) in [5.41, 5.74) is 0.355. The molecular weight excluding hydrogens is 566 g/mol. The molecule has 2 saturated heterocycles. The van der Waals surface area contributed by atoms with E-state index < -0.39 is 57.6 Å². The van der Waals surface area contributed by atoms with Crippen molar-refractivity contribution in [2.75, 3.05) is 44.2 Å². The van der Waals surface area contributed by atoms with Crippen molar-refractivity contribution >= 4 is 44.8 Å². The lowest BCUT2D eigenvalue weighted by Crippen LogP contribution is -2.48. The number of carbonyl (C=O) groups is 3. The maximum Gasteiger partial charge on any atom is 0.267 e. The molecule has 0 bridgehead atoms. The zero-order valence-corrected chi connectivity index (χ0v) is 24.2. The van der Waals surface area contributed by atoms with E-state index in [9.17, 15) is 31.6 Å². The van der Waals surface area contributed by atoms with Crippen LogP contribution >= 0.6 is 11.6 Å². The number of carbonyl (C=O) groups excluding carboxylic acids is 3. The topological polar surface area (TPSA) is 107 Å². The van der Waals surface area contributed by atoms with E-state index in [0.717, 1.165) is 23.4 Å². The van der Waals surface area contributed by atoms with Crippen molar-refractivity contribution < 1.29 is 31.6 Å². The first-order chi connectivity index (χ1) is 18.7. The van der Waals surface area contributed by atoms with Crippen LogP contribution in [0.1, 0.15) is 46.0 Å². The van der Waals surface area contributed by atoms with E-state index in [-0.39, 0.29) is 40.8 Å². The van der Waals surface area contributed by atoms with E-state index in [1.165, 1.54) is 13.0 Å². The maximum absolute atomic E-state index is 13.9. The normalized spacial score (nSPS) is 27.5. The predicted molar refractivity (Wildman–Crippen MR) is 145 cm³/mol. The quantitative estimate of drug-likeness (QED) is 0.538. The first-order valence-corrected chi connectivity index (χ1v) is 15.6. The van der Waals surface area contributed by atoms with Crippen LogP contribution in [0.2, 0.25) is 5.02 Å². The number of likely N-dealkylation sites (tertiary alicyclic amines) is 1. The van der Waals surface area contributed by atoms with E-state index >= 15 is 0 Å². The van der Waals surface area contributed by atoms with Crippen molar-refractivity contribution in [1.29, 1.82) is 0 Å². The van der Waals surface area contributed by atoms with Gasteiger partial charge in [-0.15, -0.1) is 0 Å². The van der Waals surface area contributed by atoms with E-state index in [0.29, 0.717) is 26.2 Å². The van der Waals surface area contributed by atoms with Gasteiger partial charge >= 0.3 is 0 Å². The van der Waals surface area contributed by atoms with Gasteiger partial charge in [0.05, 0.1) is 33.5 Å². The lowest BCUT2D eigenvalue weighted by atomic mass is 9.93. The Morgan fingerprint density at radius 3 is 2.17 bits per heavy atom. The molecule has 2 saturated carbocycles. The van der Waals surface area contributed by atoms with Gasteiger partial charge < -0.3 is 20.0 Å². The molecule has 3 unspecified atom stereocenters. The predicted octanol–water partition coefficient (Wildman–Crippen LogP) is 2.71. The molecular formula is C27H35ClF2N4O5S. The third-order valence-electron chi connectivity index (χ3n) is 8.83. The molecule has 1 N–H and O–H groups in total. The highest BCUT2D eigenvalue weighted by molar-refractivity contribution is 7.92. The van der Waals surface area contributed by atoms with Gasteiger partial charge in [-0.1, -0.05) is 11.6 Å². The Morgan fingerprint density at radius 1 is 0.975 bits per heavy atom. The summed E-state index contributed by atoms with van der Waals surface area (Å²) in [7, 11) is -4.05. The second-order valence-corrected chi connectivity index (χ2v) is 14.5. The third-order valence-corrected chi connectivity index (χ3v) is 11.5.